The van der Waals surface area contributed by atoms with Gasteiger partial charge in [-0.3, -0.25) is 9.78 Å². The van der Waals surface area contributed by atoms with Crippen LogP contribution >= 0.6 is 0 Å². The third-order valence-corrected chi connectivity index (χ3v) is 5.47. The zero-order valence-corrected chi connectivity index (χ0v) is 16.5. The second-order valence-electron chi connectivity index (χ2n) is 7.51. The Morgan fingerprint density at radius 3 is 2.57 bits per heavy atom. The minimum atomic E-state index is -0.995. The van der Waals surface area contributed by atoms with E-state index in [-0.39, 0.29) is 0 Å². The molecule has 1 aliphatic carbocycles. The molecule has 1 aromatic carbocycles. The van der Waals surface area contributed by atoms with Crippen LogP contribution < -0.4 is 5.32 Å². The van der Waals surface area contributed by atoms with Crippen molar-refractivity contribution in [3.05, 3.63) is 41.1 Å². The largest absolute Gasteiger partial charge is 0.449 e. The molecule has 1 atom stereocenters. The van der Waals surface area contributed by atoms with Gasteiger partial charge in [-0.05, 0) is 45.2 Å². The van der Waals surface area contributed by atoms with Gasteiger partial charge in [0.25, 0.3) is 5.91 Å². The van der Waals surface area contributed by atoms with E-state index in [1.165, 1.54) is 6.92 Å². The van der Waals surface area contributed by atoms with Crippen LogP contribution in [-0.4, -0.2) is 28.5 Å². The number of fused-ring (bicyclic) bond motifs is 1. The molecular formula is C22H25N3O3. The molecular weight excluding hydrogens is 354 g/mol. The zero-order chi connectivity index (χ0) is 20.3. The van der Waals surface area contributed by atoms with Crippen LogP contribution in [0, 0.1) is 25.2 Å². The van der Waals surface area contributed by atoms with Crippen LogP contribution in [0.4, 0.5) is 0 Å². The van der Waals surface area contributed by atoms with Crippen molar-refractivity contribution in [2.45, 2.75) is 64.5 Å². The lowest BCUT2D eigenvalue weighted by atomic mass is 9.83. The monoisotopic (exact) mass is 379 g/mol. The summed E-state index contributed by atoms with van der Waals surface area (Å²) in [7, 11) is 0. The fourth-order valence-electron chi connectivity index (χ4n) is 3.86. The Bertz CT molecular complexity index is 955. The average molecular weight is 379 g/mol. The molecule has 0 spiro atoms. The Balaban J connectivity index is 1.76. The molecule has 1 saturated carbocycles. The topological polar surface area (TPSA) is 92.1 Å². The summed E-state index contributed by atoms with van der Waals surface area (Å²) in [5.74, 6) is -1.02. The number of hydrogen-bond acceptors (Lipinski definition) is 5. The van der Waals surface area contributed by atoms with Crippen molar-refractivity contribution in [1.82, 2.24) is 10.3 Å². The van der Waals surface area contributed by atoms with Crippen LogP contribution in [0.3, 0.4) is 0 Å². The number of carbonyl (C=O) groups excluding carboxylic acids is 2. The third kappa shape index (κ3) is 3.84. The molecule has 1 N–H and O–H groups in total. The summed E-state index contributed by atoms with van der Waals surface area (Å²) >= 11 is 0. The van der Waals surface area contributed by atoms with E-state index in [1.807, 2.05) is 31.2 Å². The summed E-state index contributed by atoms with van der Waals surface area (Å²) in [4.78, 5) is 29.8. The number of para-hydroxylation sites is 1. The van der Waals surface area contributed by atoms with Crippen molar-refractivity contribution >= 4 is 22.8 Å². The number of benzene rings is 1. The van der Waals surface area contributed by atoms with E-state index in [4.69, 9.17) is 4.74 Å². The molecule has 1 amide bonds. The number of nitrogens with one attached hydrogen (secondary N) is 1. The first kappa shape index (κ1) is 19.8. The number of hydrogen-bond donors (Lipinski definition) is 1. The number of ether oxygens (including phenoxy) is 1. The zero-order valence-electron chi connectivity index (χ0n) is 16.5. The number of esters is 1. The van der Waals surface area contributed by atoms with Crippen molar-refractivity contribution < 1.29 is 14.3 Å². The highest BCUT2D eigenvalue weighted by atomic mass is 16.5. The van der Waals surface area contributed by atoms with Crippen molar-refractivity contribution in [1.29, 1.82) is 5.26 Å². The molecule has 1 heterocycles. The Labute approximate surface area is 164 Å². The highest BCUT2D eigenvalue weighted by Gasteiger charge is 2.35. The lowest BCUT2D eigenvalue weighted by molar-refractivity contribution is -0.130. The number of rotatable bonds is 4. The van der Waals surface area contributed by atoms with Gasteiger partial charge in [-0.15, -0.1) is 0 Å². The highest BCUT2D eigenvalue weighted by Crippen LogP contribution is 2.28. The van der Waals surface area contributed by atoms with Crippen LogP contribution in [0.5, 0.6) is 0 Å². The lowest BCUT2D eigenvalue weighted by Gasteiger charge is -2.32. The number of aromatic nitrogens is 1. The SMILES string of the molecule is Cc1nc2ccccc2c(C)c1C(=O)O[C@H](C)C(=O)NC1(C#N)CCCCC1. The number of amides is 1. The van der Waals surface area contributed by atoms with Gasteiger partial charge in [0.1, 0.15) is 5.54 Å². The van der Waals surface area contributed by atoms with Crippen LogP contribution in [-0.2, 0) is 9.53 Å². The van der Waals surface area contributed by atoms with Crippen molar-refractivity contribution in [3.8, 4) is 6.07 Å². The molecule has 1 aliphatic rings. The maximum Gasteiger partial charge on any atom is 0.341 e. The molecule has 6 nitrogen and oxygen atoms in total. The summed E-state index contributed by atoms with van der Waals surface area (Å²) in [5, 5.41) is 13.2. The number of aryl methyl sites for hydroxylation is 2. The Kier molecular flexibility index (Phi) is 5.64. The number of nitrogens with zero attached hydrogens (tertiary/aromatic N) is 2. The average Bonchev–Trinajstić information content (AvgIpc) is 2.68. The van der Waals surface area contributed by atoms with Crippen LogP contribution in [0.15, 0.2) is 24.3 Å². The van der Waals surface area contributed by atoms with Gasteiger partial charge >= 0.3 is 5.97 Å². The van der Waals surface area contributed by atoms with Gasteiger partial charge in [-0.25, -0.2) is 4.79 Å². The first-order valence-electron chi connectivity index (χ1n) is 9.67. The van der Waals surface area contributed by atoms with Gasteiger partial charge in [-0.2, -0.15) is 5.26 Å². The lowest BCUT2D eigenvalue weighted by Crippen LogP contribution is -2.52. The van der Waals surface area contributed by atoms with Gasteiger partial charge in [0.2, 0.25) is 0 Å². The van der Waals surface area contributed by atoms with E-state index in [1.54, 1.807) is 6.92 Å². The number of carbonyl (C=O) groups is 2. The third-order valence-electron chi connectivity index (χ3n) is 5.47. The Morgan fingerprint density at radius 2 is 1.89 bits per heavy atom. The summed E-state index contributed by atoms with van der Waals surface area (Å²) < 4.78 is 5.44. The second kappa shape index (κ2) is 7.97. The fourth-order valence-corrected chi connectivity index (χ4v) is 3.86. The molecule has 1 aromatic heterocycles. The first-order valence-corrected chi connectivity index (χ1v) is 9.67. The van der Waals surface area contributed by atoms with E-state index in [9.17, 15) is 14.9 Å². The van der Waals surface area contributed by atoms with E-state index in [0.717, 1.165) is 35.7 Å². The molecule has 28 heavy (non-hydrogen) atoms. The Morgan fingerprint density at radius 1 is 1.21 bits per heavy atom. The minimum absolute atomic E-state index is 0.381. The summed E-state index contributed by atoms with van der Waals surface area (Å²) in [6, 6.07) is 9.84. The summed E-state index contributed by atoms with van der Waals surface area (Å²) in [6.07, 6.45) is 3.14. The maximum absolute atomic E-state index is 12.8. The van der Waals surface area contributed by atoms with Crippen LogP contribution in [0.25, 0.3) is 10.9 Å². The molecule has 0 radical (unpaired) electrons. The van der Waals surface area contributed by atoms with Crippen molar-refractivity contribution in [3.63, 3.8) is 0 Å². The fraction of sp³-hybridized carbons (Fsp3) is 0.455. The minimum Gasteiger partial charge on any atom is -0.449 e. The van der Waals surface area contributed by atoms with Gasteiger partial charge in [0, 0.05) is 5.39 Å². The van der Waals surface area contributed by atoms with Gasteiger partial charge in [0.05, 0.1) is 22.8 Å². The normalized spacial score (nSPS) is 16.8. The first-order chi connectivity index (χ1) is 13.4. The smallest absolute Gasteiger partial charge is 0.341 e. The van der Waals surface area contributed by atoms with Gasteiger partial charge in [0.15, 0.2) is 6.10 Å². The predicted octanol–water partition coefficient (Wildman–Crippen LogP) is 3.74. The van der Waals surface area contributed by atoms with E-state index in [0.29, 0.717) is 24.1 Å². The quantitative estimate of drug-likeness (QED) is 0.817. The van der Waals surface area contributed by atoms with Crippen LogP contribution in [0.2, 0.25) is 0 Å². The molecule has 3 rings (SSSR count). The van der Waals surface area contributed by atoms with Gasteiger partial charge in [-0.1, -0.05) is 37.5 Å². The number of pyridine rings is 1. The van der Waals surface area contributed by atoms with Crippen molar-refractivity contribution in [2.24, 2.45) is 0 Å². The van der Waals surface area contributed by atoms with Crippen molar-refractivity contribution in [2.75, 3.05) is 0 Å². The molecule has 6 heteroatoms. The summed E-state index contributed by atoms with van der Waals surface area (Å²) in [5.41, 5.74) is 1.68. The summed E-state index contributed by atoms with van der Waals surface area (Å²) in [6.45, 7) is 5.14. The number of nitriles is 1. The Hall–Kier alpha value is -2.94. The van der Waals surface area contributed by atoms with Crippen LogP contribution in [0.1, 0.15) is 60.6 Å². The highest BCUT2D eigenvalue weighted by molar-refractivity contribution is 5.99. The predicted molar refractivity (Wildman–Crippen MR) is 106 cm³/mol. The van der Waals surface area contributed by atoms with E-state index in [2.05, 4.69) is 16.4 Å². The molecule has 2 aromatic rings. The molecule has 0 saturated heterocycles. The second-order valence-corrected chi connectivity index (χ2v) is 7.51. The standard InChI is InChI=1S/C22H25N3O3/c1-14-17-9-5-6-10-18(17)24-15(2)19(14)21(27)28-16(3)20(26)25-22(13-23)11-7-4-8-12-22/h5-6,9-10,16H,4,7-8,11-12H2,1-3H3,(H,25,26)/t16-/m1/s1. The molecule has 0 unspecified atom stereocenters. The molecule has 0 bridgehead atoms. The maximum atomic E-state index is 12.8. The van der Waals surface area contributed by atoms with E-state index >= 15 is 0 Å². The van der Waals surface area contributed by atoms with Gasteiger partial charge < -0.3 is 10.1 Å². The molecule has 0 aliphatic heterocycles. The molecule has 146 valence electrons. The van der Waals surface area contributed by atoms with E-state index < -0.39 is 23.5 Å². The molecule has 1 fully saturated rings.